The number of aromatic nitrogens is 1. The van der Waals surface area contributed by atoms with Crippen LogP contribution in [0, 0.1) is 13.8 Å². The van der Waals surface area contributed by atoms with Gasteiger partial charge in [0.1, 0.15) is 6.54 Å². The lowest BCUT2D eigenvalue weighted by molar-refractivity contribution is -0.933. The molecule has 1 aromatic heterocycles. The summed E-state index contributed by atoms with van der Waals surface area (Å²) < 4.78 is 9.08. The molecule has 0 spiro atoms. The van der Waals surface area contributed by atoms with Crippen LogP contribution in [0.5, 0.6) is 0 Å². The molecule has 132 valence electrons. The molecule has 5 heteroatoms. The van der Waals surface area contributed by atoms with Gasteiger partial charge in [-0.25, -0.2) is 0 Å². The van der Waals surface area contributed by atoms with Crippen LogP contribution in [-0.4, -0.2) is 78.3 Å². The molecule has 0 unspecified atom stereocenters. The Morgan fingerprint density at radius 2 is 1.96 bits per heavy atom. The lowest BCUT2D eigenvalue weighted by atomic mass is 10.1. The molecule has 1 aromatic rings. The van der Waals surface area contributed by atoms with Crippen LogP contribution in [0.4, 0.5) is 0 Å². The Hall–Kier alpha value is -1.17. The van der Waals surface area contributed by atoms with Crippen LogP contribution >= 0.6 is 0 Å². The van der Waals surface area contributed by atoms with Crippen molar-refractivity contribution in [3.05, 3.63) is 23.0 Å². The number of rotatable bonds is 5. The van der Waals surface area contributed by atoms with Gasteiger partial charge in [0.2, 0.25) is 5.78 Å². The number of piperazine rings is 3. The van der Waals surface area contributed by atoms with Crippen LogP contribution in [0.2, 0.25) is 0 Å². The fraction of sp³-hybridized carbons (Fsp3) is 0.737. The number of carbonyl (C=O) groups is 1. The molecule has 0 radical (unpaired) electrons. The van der Waals surface area contributed by atoms with Crippen LogP contribution in [0.15, 0.2) is 6.07 Å². The fourth-order valence-electron chi connectivity index (χ4n) is 4.71. The lowest BCUT2D eigenvalue weighted by Crippen LogP contribution is -2.68. The third-order valence-corrected chi connectivity index (χ3v) is 6.43. The number of carbonyl (C=O) groups excluding carboxylic acids is 1. The number of fused-ring (bicyclic) bond motifs is 3. The summed E-state index contributed by atoms with van der Waals surface area (Å²) in [5, 5.41) is 0. The molecule has 0 aliphatic carbocycles. The molecule has 0 aromatic carbocycles. The van der Waals surface area contributed by atoms with Crippen LogP contribution < -0.4 is 0 Å². The molecule has 4 saturated heterocycles. The van der Waals surface area contributed by atoms with E-state index in [1.165, 1.54) is 5.69 Å². The van der Waals surface area contributed by atoms with E-state index in [-0.39, 0.29) is 0 Å². The zero-order chi connectivity index (χ0) is 16.7. The first-order chi connectivity index (χ1) is 11.6. The normalized spacial score (nSPS) is 32.4. The van der Waals surface area contributed by atoms with Crippen molar-refractivity contribution in [3.63, 3.8) is 0 Å². The number of Topliss-reactive ketones (excluding diaryl/α,β-unsaturated/α-hetero) is 1. The van der Waals surface area contributed by atoms with Crippen molar-refractivity contribution in [2.75, 3.05) is 52.4 Å². The second kappa shape index (κ2) is 6.28. The summed E-state index contributed by atoms with van der Waals surface area (Å²) in [7, 11) is 0. The smallest absolute Gasteiger partial charge is 0.218 e. The Morgan fingerprint density at radius 3 is 2.58 bits per heavy atom. The van der Waals surface area contributed by atoms with Crippen molar-refractivity contribution >= 4 is 5.78 Å². The van der Waals surface area contributed by atoms with Gasteiger partial charge in [0.05, 0.1) is 25.7 Å². The van der Waals surface area contributed by atoms with Crippen molar-refractivity contribution < 1.29 is 14.0 Å². The van der Waals surface area contributed by atoms with E-state index in [0.717, 1.165) is 81.0 Å². The van der Waals surface area contributed by atoms with Gasteiger partial charge in [-0.2, -0.15) is 0 Å². The average Bonchev–Trinajstić information content (AvgIpc) is 3.20. The number of nitrogens with zero attached hydrogens (tertiary/aromatic N) is 3. The Bertz CT molecular complexity index is 609. The molecule has 5 rings (SSSR count). The molecule has 0 N–H and O–H groups in total. The van der Waals surface area contributed by atoms with E-state index in [0.29, 0.717) is 18.4 Å². The maximum Gasteiger partial charge on any atom is 0.218 e. The SMILES string of the molecule is Cc1cc(C(=O)C[N+]23CCN(CC2)CC3)c(C)n1C[C@@H]1CCCO1. The number of quaternary nitrogens is 1. The molecule has 4 aliphatic rings. The highest BCUT2D eigenvalue weighted by atomic mass is 16.5. The van der Waals surface area contributed by atoms with E-state index in [1.807, 2.05) is 0 Å². The summed E-state index contributed by atoms with van der Waals surface area (Å²) in [6, 6.07) is 2.10. The van der Waals surface area contributed by atoms with Gasteiger partial charge >= 0.3 is 0 Å². The maximum absolute atomic E-state index is 13.0. The predicted octanol–water partition coefficient (Wildman–Crippen LogP) is 1.61. The quantitative estimate of drug-likeness (QED) is 0.607. The molecule has 1 atom stereocenters. The molecule has 5 nitrogen and oxygen atoms in total. The summed E-state index contributed by atoms with van der Waals surface area (Å²) in [5.74, 6) is 0.331. The standard InChI is InChI=1S/C19H30N3O2/c1-15-12-18(16(2)21(15)13-17-4-3-11-24-17)19(23)14-22-8-5-20(6-9-22)7-10-22/h12,17H,3-11,13-14H2,1-2H3/q+1/t17-/m0/s1. The maximum atomic E-state index is 13.0. The largest absolute Gasteiger partial charge is 0.376 e. The van der Waals surface area contributed by atoms with Gasteiger partial charge < -0.3 is 13.8 Å². The van der Waals surface area contributed by atoms with Crippen molar-refractivity contribution in [2.45, 2.75) is 39.3 Å². The minimum absolute atomic E-state index is 0.315. The van der Waals surface area contributed by atoms with Crippen LogP contribution in [0.3, 0.4) is 0 Å². The number of ketones is 1. The minimum Gasteiger partial charge on any atom is -0.376 e. The molecule has 2 bridgehead atoms. The topological polar surface area (TPSA) is 34.5 Å². The highest BCUT2D eigenvalue weighted by molar-refractivity contribution is 5.98. The van der Waals surface area contributed by atoms with Crippen molar-refractivity contribution in [2.24, 2.45) is 0 Å². The fourth-order valence-corrected chi connectivity index (χ4v) is 4.71. The highest BCUT2D eigenvalue weighted by Gasteiger charge is 2.40. The van der Waals surface area contributed by atoms with Gasteiger partial charge in [0, 0.05) is 49.7 Å². The molecule has 4 fully saturated rings. The van der Waals surface area contributed by atoms with Gasteiger partial charge in [-0.05, 0) is 32.8 Å². The van der Waals surface area contributed by atoms with E-state index in [1.54, 1.807) is 0 Å². The zero-order valence-electron chi connectivity index (χ0n) is 15.1. The zero-order valence-corrected chi connectivity index (χ0v) is 15.1. The van der Waals surface area contributed by atoms with E-state index in [2.05, 4.69) is 29.4 Å². The lowest BCUT2D eigenvalue weighted by Gasteiger charge is -2.50. The molecular formula is C19H30N3O2+. The summed E-state index contributed by atoms with van der Waals surface area (Å²) in [6.45, 7) is 13.6. The van der Waals surface area contributed by atoms with Gasteiger partial charge in [-0.15, -0.1) is 0 Å². The predicted molar refractivity (Wildman–Crippen MR) is 93.4 cm³/mol. The van der Waals surface area contributed by atoms with Crippen molar-refractivity contribution in [3.8, 4) is 0 Å². The van der Waals surface area contributed by atoms with Crippen LogP contribution in [0.25, 0.3) is 0 Å². The average molecular weight is 332 g/mol. The molecule has 0 amide bonds. The van der Waals surface area contributed by atoms with Gasteiger partial charge in [0.15, 0.2) is 0 Å². The van der Waals surface area contributed by atoms with Crippen LogP contribution in [-0.2, 0) is 11.3 Å². The number of hydrogen-bond acceptors (Lipinski definition) is 3. The first-order valence-electron chi connectivity index (χ1n) is 9.45. The van der Waals surface area contributed by atoms with Gasteiger partial charge in [-0.1, -0.05) is 0 Å². The molecule has 4 aliphatic heterocycles. The first kappa shape index (κ1) is 16.3. The Kier molecular flexibility index (Phi) is 4.27. The van der Waals surface area contributed by atoms with E-state index < -0.39 is 0 Å². The Morgan fingerprint density at radius 1 is 1.25 bits per heavy atom. The third-order valence-electron chi connectivity index (χ3n) is 6.43. The summed E-state index contributed by atoms with van der Waals surface area (Å²) in [5.41, 5.74) is 3.25. The van der Waals surface area contributed by atoms with E-state index in [4.69, 9.17) is 4.74 Å². The molecular weight excluding hydrogens is 302 g/mol. The van der Waals surface area contributed by atoms with Gasteiger partial charge in [-0.3, -0.25) is 9.69 Å². The molecule has 5 heterocycles. The van der Waals surface area contributed by atoms with Gasteiger partial charge in [0.25, 0.3) is 0 Å². The van der Waals surface area contributed by atoms with E-state index in [9.17, 15) is 4.79 Å². The summed E-state index contributed by atoms with van der Waals surface area (Å²) in [4.78, 5) is 15.6. The second-order valence-electron chi connectivity index (χ2n) is 7.97. The summed E-state index contributed by atoms with van der Waals surface area (Å²) in [6.07, 6.45) is 2.61. The minimum atomic E-state index is 0.315. The van der Waals surface area contributed by atoms with Crippen molar-refractivity contribution in [1.29, 1.82) is 0 Å². The monoisotopic (exact) mass is 332 g/mol. The third kappa shape index (κ3) is 2.93. The Balaban J connectivity index is 1.50. The number of aryl methyl sites for hydroxylation is 1. The summed E-state index contributed by atoms with van der Waals surface area (Å²) >= 11 is 0. The number of ether oxygens (including phenoxy) is 1. The van der Waals surface area contributed by atoms with E-state index >= 15 is 0 Å². The molecule has 24 heavy (non-hydrogen) atoms. The first-order valence-corrected chi connectivity index (χ1v) is 9.45. The Labute approximate surface area is 144 Å². The second-order valence-corrected chi connectivity index (χ2v) is 7.97. The molecule has 0 saturated carbocycles. The van der Waals surface area contributed by atoms with Crippen molar-refractivity contribution in [1.82, 2.24) is 9.47 Å². The number of hydrogen-bond donors (Lipinski definition) is 0. The highest BCUT2D eigenvalue weighted by Crippen LogP contribution is 2.24. The van der Waals surface area contributed by atoms with Crippen LogP contribution in [0.1, 0.15) is 34.6 Å².